The predicted octanol–water partition coefficient (Wildman–Crippen LogP) is 3.76. The van der Waals surface area contributed by atoms with Crippen LogP contribution in [0.15, 0.2) is 41.2 Å². The van der Waals surface area contributed by atoms with Crippen molar-refractivity contribution >= 4 is 10.9 Å². The Morgan fingerprint density at radius 3 is 2.35 bits per heavy atom. The van der Waals surface area contributed by atoms with E-state index in [4.69, 9.17) is 0 Å². The molecule has 0 amide bonds. The standard InChI is InChI=1S/C17H13F3N2O/c1-2-3-16-21-15-5-4-10(18)9-14(15)17(23)22(16)13-7-11(19)6-12(20)8-13/h4-9H,2-3H2,1H3. The summed E-state index contributed by atoms with van der Waals surface area (Å²) in [7, 11) is 0. The van der Waals surface area contributed by atoms with Crippen LogP contribution >= 0.6 is 0 Å². The fourth-order valence-electron chi connectivity index (χ4n) is 2.53. The van der Waals surface area contributed by atoms with Crippen LogP contribution in [-0.2, 0) is 6.42 Å². The second kappa shape index (κ2) is 5.87. The Balaban J connectivity index is 2.39. The summed E-state index contributed by atoms with van der Waals surface area (Å²) < 4.78 is 41.6. The molecule has 0 unspecified atom stereocenters. The van der Waals surface area contributed by atoms with E-state index in [9.17, 15) is 18.0 Å². The van der Waals surface area contributed by atoms with Gasteiger partial charge in [-0.25, -0.2) is 18.2 Å². The van der Waals surface area contributed by atoms with Gasteiger partial charge in [0.25, 0.3) is 5.56 Å². The molecule has 0 N–H and O–H groups in total. The maximum atomic E-state index is 13.5. The fourth-order valence-corrected chi connectivity index (χ4v) is 2.53. The van der Waals surface area contributed by atoms with Gasteiger partial charge in [-0.1, -0.05) is 6.92 Å². The molecule has 0 spiro atoms. The lowest BCUT2D eigenvalue weighted by molar-refractivity contribution is 0.580. The van der Waals surface area contributed by atoms with Crippen LogP contribution in [0.1, 0.15) is 19.2 Å². The highest BCUT2D eigenvalue weighted by atomic mass is 19.1. The minimum absolute atomic E-state index is 0.0367. The molecule has 0 aliphatic rings. The maximum Gasteiger partial charge on any atom is 0.266 e. The van der Waals surface area contributed by atoms with Crippen molar-refractivity contribution in [2.75, 3.05) is 0 Å². The van der Waals surface area contributed by atoms with Gasteiger partial charge in [0.15, 0.2) is 0 Å². The van der Waals surface area contributed by atoms with Crippen molar-refractivity contribution in [3.05, 3.63) is 70.0 Å². The number of aryl methyl sites for hydroxylation is 1. The smallest absolute Gasteiger partial charge is 0.266 e. The summed E-state index contributed by atoms with van der Waals surface area (Å²) in [6.45, 7) is 1.90. The lowest BCUT2D eigenvalue weighted by atomic mass is 10.2. The minimum Gasteiger partial charge on any atom is -0.268 e. The van der Waals surface area contributed by atoms with E-state index < -0.39 is 23.0 Å². The number of halogens is 3. The Kier molecular flexibility index (Phi) is 3.90. The molecule has 0 aliphatic heterocycles. The summed E-state index contributed by atoms with van der Waals surface area (Å²) in [5.74, 6) is -1.79. The van der Waals surface area contributed by atoms with Crippen molar-refractivity contribution in [2.45, 2.75) is 19.8 Å². The van der Waals surface area contributed by atoms with E-state index in [0.29, 0.717) is 24.2 Å². The first-order valence-corrected chi connectivity index (χ1v) is 7.17. The molecule has 3 aromatic rings. The van der Waals surface area contributed by atoms with E-state index in [1.54, 1.807) is 0 Å². The van der Waals surface area contributed by atoms with Gasteiger partial charge < -0.3 is 0 Å². The predicted molar refractivity (Wildman–Crippen MR) is 81.2 cm³/mol. The van der Waals surface area contributed by atoms with Gasteiger partial charge in [0.1, 0.15) is 23.3 Å². The third kappa shape index (κ3) is 2.84. The molecule has 3 rings (SSSR count). The lowest BCUT2D eigenvalue weighted by Crippen LogP contribution is -2.24. The normalized spacial score (nSPS) is 11.1. The fraction of sp³-hybridized carbons (Fsp3) is 0.176. The van der Waals surface area contributed by atoms with Crippen LogP contribution in [-0.4, -0.2) is 9.55 Å². The van der Waals surface area contributed by atoms with Crippen molar-refractivity contribution in [2.24, 2.45) is 0 Å². The minimum atomic E-state index is -0.798. The van der Waals surface area contributed by atoms with Crippen molar-refractivity contribution in [1.82, 2.24) is 9.55 Å². The zero-order valence-electron chi connectivity index (χ0n) is 12.3. The Morgan fingerprint density at radius 2 is 1.70 bits per heavy atom. The quantitative estimate of drug-likeness (QED) is 0.737. The van der Waals surface area contributed by atoms with Crippen LogP contribution in [0.25, 0.3) is 16.6 Å². The van der Waals surface area contributed by atoms with Crippen molar-refractivity contribution in [3.8, 4) is 5.69 Å². The van der Waals surface area contributed by atoms with Gasteiger partial charge in [0.05, 0.1) is 16.6 Å². The van der Waals surface area contributed by atoms with Crippen LogP contribution in [0.2, 0.25) is 0 Å². The number of aromatic nitrogens is 2. The number of hydrogen-bond acceptors (Lipinski definition) is 2. The van der Waals surface area contributed by atoms with Gasteiger partial charge in [0, 0.05) is 12.5 Å². The van der Waals surface area contributed by atoms with Crippen molar-refractivity contribution in [3.63, 3.8) is 0 Å². The summed E-state index contributed by atoms with van der Waals surface area (Å²) in [5.41, 5.74) is -0.162. The molecule has 0 radical (unpaired) electrons. The van der Waals surface area contributed by atoms with Crippen molar-refractivity contribution in [1.29, 1.82) is 0 Å². The van der Waals surface area contributed by atoms with E-state index in [1.807, 2.05) is 6.92 Å². The number of hydrogen-bond donors (Lipinski definition) is 0. The van der Waals surface area contributed by atoms with E-state index in [0.717, 1.165) is 28.8 Å². The van der Waals surface area contributed by atoms with Crippen LogP contribution in [0.5, 0.6) is 0 Å². The zero-order valence-corrected chi connectivity index (χ0v) is 12.3. The molecule has 1 heterocycles. The van der Waals surface area contributed by atoms with Gasteiger partial charge in [-0.2, -0.15) is 0 Å². The number of rotatable bonds is 3. The molecule has 0 bridgehead atoms. The molecule has 0 fully saturated rings. The Morgan fingerprint density at radius 1 is 1.00 bits per heavy atom. The van der Waals surface area contributed by atoms with Gasteiger partial charge >= 0.3 is 0 Å². The third-order valence-corrected chi connectivity index (χ3v) is 3.48. The number of nitrogens with zero attached hydrogens (tertiary/aromatic N) is 2. The summed E-state index contributed by atoms with van der Waals surface area (Å²) in [5, 5.41) is 0.0644. The average molecular weight is 318 g/mol. The largest absolute Gasteiger partial charge is 0.268 e. The lowest BCUT2D eigenvalue weighted by Gasteiger charge is -2.13. The van der Waals surface area contributed by atoms with E-state index in [-0.39, 0.29) is 11.1 Å². The van der Waals surface area contributed by atoms with Crippen LogP contribution in [0.3, 0.4) is 0 Å². The first-order chi connectivity index (χ1) is 11.0. The molecule has 0 saturated carbocycles. The number of fused-ring (bicyclic) bond motifs is 1. The zero-order chi connectivity index (χ0) is 16.6. The van der Waals surface area contributed by atoms with Gasteiger partial charge in [0.2, 0.25) is 0 Å². The first-order valence-electron chi connectivity index (χ1n) is 7.17. The highest BCUT2D eigenvalue weighted by Crippen LogP contribution is 2.17. The first kappa shape index (κ1) is 15.3. The van der Waals surface area contributed by atoms with E-state index >= 15 is 0 Å². The van der Waals surface area contributed by atoms with E-state index in [1.165, 1.54) is 12.1 Å². The molecule has 23 heavy (non-hydrogen) atoms. The van der Waals surface area contributed by atoms with Crippen LogP contribution in [0.4, 0.5) is 13.2 Å². The van der Waals surface area contributed by atoms with E-state index in [2.05, 4.69) is 4.98 Å². The van der Waals surface area contributed by atoms with Crippen molar-refractivity contribution < 1.29 is 13.2 Å². The highest BCUT2D eigenvalue weighted by molar-refractivity contribution is 5.78. The Bertz CT molecular complexity index is 930. The summed E-state index contributed by atoms with van der Waals surface area (Å²) in [6.07, 6.45) is 1.14. The van der Waals surface area contributed by atoms with Gasteiger partial charge in [-0.3, -0.25) is 9.36 Å². The summed E-state index contributed by atoms with van der Waals surface area (Å²) in [6, 6.07) is 6.54. The van der Waals surface area contributed by atoms with Crippen LogP contribution < -0.4 is 5.56 Å². The molecule has 3 nitrogen and oxygen atoms in total. The molecule has 6 heteroatoms. The topological polar surface area (TPSA) is 34.9 Å². The third-order valence-electron chi connectivity index (χ3n) is 3.48. The molecule has 2 aromatic carbocycles. The summed E-state index contributed by atoms with van der Waals surface area (Å²) >= 11 is 0. The molecule has 0 saturated heterocycles. The molecule has 118 valence electrons. The molecule has 0 aliphatic carbocycles. The van der Waals surface area contributed by atoms with Gasteiger partial charge in [-0.15, -0.1) is 0 Å². The highest BCUT2D eigenvalue weighted by Gasteiger charge is 2.14. The maximum absolute atomic E-state index is 13.5. The Labute approximate surface area is 130 Å². The number of benzene rings is 2. The second-order valence-electron chi connectivity index (χ2n) is 5.21. The molecule has 0 atom stereocenters. The molecule has 1 aromatic heterocycles. The monoisotopic (exact) mass is 318 g/mol. The molecular formula is C17H13F3N2O. The van der Waals surface area contributed by atoms with Gasteiger partial charge in [-0.05, 0) is 36.8 Å². The average Bonchev–Trinajstić information content (AvgIpc) is 2.47. The SMILES string of the molecule is CCCc1nc2ccc(F)cc2c(=O)n1-c1cc(F)cc(F)c1. The second-order valence-corrected chi connectivity index (χ2v) is 5.21. The summed E-state index contributed by atoms with van der Waals surface area (Å²) in [4.78, 5) is 17.1. The van der Waals surface area contributed by atoms with Crippen LogP contribution in [0, 0.1) is 17.5 Å². The Hall–Kier alpha value is -2.63. The molecular weight excluding hydrogens is 305 g/mol.